The van der Waals surface area contributed by atoms with Crippen molar-refractivity contribution in [2.24, 2.45) is 0 Å². The molecule has 0 bridgehead atoms. The highest BCUT2D eigenvalue weighted by atomic mass is 14.5. The van der Waals surface area contributed by atoms with Crippen molar-refractivity contribution in [2.75, 3.05) is 5.73 Å². The fourth-order valence-corrected chi connectivity index (χ4v) is 2.80. The highest BCUT2D eigenvalue weighted by Crippen LogP contribution is 2.31. The Morgan fingerprint density at radius 3 is 2.16 bits per heavy atom. The average Bonchev–Trinajstić information content (AvgIpc) is 2.46. The van der Waals surface area contributed by atoms with Crippen molar-refractivity contribution in [1.29, 1.82) is 0 Å². The van der Waals surface area contributed by atoms with Crippen LogP contribution in [-0.4, -0.2) is 0 Å². The molecule has 90 valence electrons. The molecule has 0 saturated heterocycles. The maximum Gasteiger partial charge on any atom is 0.0393 e. The van der Waals surface area contributed by atoms with Gasteiger partial charge >= 0.3 is 0 Å². The maximum absolute atomic E-state index is 6.06. The third kappa shape index (κ3) is 1.48. The van der Waals surface area contributed by atoms with Crippen molar-refractivity contribution < 1.29 is 0 Å². The second-order valence-electron chi connectivity index (χ2n) is 4.93. The van der Waals surface area contributed by atoms with Crippen molar-refractivity contribution in [3.8, 4) is 0 Å². The van der Waals surface area contributed by atoms with E-state index >= 15 is 0 Å². The molecule has 0 aliphatic carbocycles. The molecule has 19 heavy (non-hydrogen) atoms. The van der Waals surface area contributed by atoms with Crippen LogP contribution in [0.15, 0.2) is 66.7 Å². The quantitative estimate of drug-likeness (QED) is 0.270. The van der Waals surface area contributed by atoms with Gasteiger partial charge in [-0.3, -0.25) is 0 Å². The molecule has 2 N–H and O–H groups in total. The number of nitrogens with two attached hydrogens (primary N) is 1. The van der Waals surface area contributed by atoms with Crippen molar-refractivity contribution >= 4 is 38.0 Å². The molecule has 1 heteroatoms. The minimum absolute atomic E-state index is 0.840. The Kier molecular flexibility index (Phi) is 2.04. The van der Waals surface area contributed by atoms with Gasteiger partial charge in [0.15, 0.2) is 0 Å². The third-order valence-corrected chi connectivity index (χ3v) is 3.78. The smallest absolute Gasteiger partial charge is 0.0393 e. The predicted octanol–water partition coefficient (Wildman–Crippen LogP) is 4.73. The van der Waals surface area contributed by atoms with Crippen LogP contribution >= 0.6 is 0 Å². The van der Waals surface area contributed by atoms with Gasteiger partial charge < -0.3 is 5.73 Å². The molecule has 0 heterocycles. The topological polar surface area (TPSA) is 26.0 Å². The van der Waals surface area contributed by atoms with E-state index in [9.17, 15) is 0 Å². The van der Waals surface area contributed by atoms with Gasteiger partial charge in [0.1, 0.15) is 0 Å². The van der Waals surface area contributed by atoms with E-state index in [4.69, 9.17) is 5.73 Å². The van der Waals surface area contributed by atoms with Gasteiger partial charge in [-0.1, -0.05) is 48.5 Å². The molecule has 0 aliphatic rings. The summed E-state index contributed by atoms with van der Waals surface area (Å²) >= 11 is 0. The summed E-state index contributed by atoms with van der Waals surface area (Å²) in [6, 6.07) is 23.3. The van der Waals surface area contributed by atoms with Crippen LogP contribution in [0.1, 0.15) is 0 Å². The summed E-state index contributed by atoms with van der Waals surface area (Å²) in [5, 5.41) is 7.43. The first-order valence-electron chi connectivity index (χ1n) is 6.43. The van der Waals surface area contributed by atoms with Crippen LogP contribution in [-0.2, 0) is 0 Å². The van der Waals surface area contributed by atoms with Gasteiger partial charge in [-0.25, -0.2) is 0 Å². The molecule has 0 atom stereocenters. The fourth-order valence-electron chi connectivity index (χ4n) is 2.80. The normalized spacial score (nSPS) is 11.4. The highest BCUT2D eigenvalue weighted by molar-refractivity contribution is 6.13. The van der Waals surface area contributed by atoms with Crippen LogP contribution in [0.25, 0.3) is 32.3 Å². The summed E-state index contributed by atoms with van der Waals surface area (Å²) in [6.07, 6.45) is 0. The average molecular weight is 243 g/mol. The van der Waals surface area contributed by atoms with Crippen LogP contribution in [0.4, 0.5) is 5.69 Å². The van der Waals surface area contributed by atoms with Crippen LogP contribution in [0.2, 0.25) is 0 Å². The van der Waals surface area contributed by atoms with Crippen LogP contribution in [0.5, 0.6) is 0 Å². The second-order valence-corrected chi connectivity index (χ2v) is 4.93. The SMILES string of the molecule is Nc1cccc2cc3c(ccc4ccccc43)cc12. The molecular weight excluding hydrogens is 230 g/mol. The van der Waals surface area contributed by atoms with Gasteiger partial charge in [0.05, 0.1) is 0 Å². The molecule has 0 spiro atoms. The van der Waals surface area contributed by atoms with Crippen LogP contribution in [0.3, 0.4) is 0 Å². The lowest BCUT2D eigenvalue weighted by Gasteiger charge is -2.07. The number of fused-ring (bicyclic) bond motifs is 4. The summed E-state index contributed by atoms with van der Waals surface area (Å²) in [6.45, 7) is 0. The van der Waals surface area contributed by atoms with E-state index in [2.05, 4.69) is 54.6 Å². The summed E-state index contributed by atoms with van der Waals surface area (Å²) in [7, 11) is 0. The first kappa shape index (κ1) is 10.4. The van der Waals surface area contributed by atoms with Crippen molar-refractivity contribution in [2.45, 2.75) is 0 Å². The third-order valence-electron chi connectivity index (χ3n) is 3.78. The first-order valence-corrected chi connectivity index (χ1v) is 6.43. The van der Waals surface area contributed by atoms with Gasteiger partial charge in [-0.15, -0.1) is 0 Å². The first-order chi connectivity index (χ1) is 9.33. The number of hydrogen-bond donors (Lipinski definition) is 1. The van der Waals surface area contributed by atoms with E-state index in [1.165, 1.54) is 26.9 Å². The predicted molar refractivity (Wildman–Crippen MR) is 83.4 cm³/mol. The Balaban J connectivity index is 2.26. The second kappa shape index (κ2) is 3.72. The Labute approximate surface area is 111 Å². The molecule has 4 aromatic rings. The van der Waals surface area contributed by atoms with Crippen molar-refractivity contribution in [1.82, 2.24) is 0 Å². The number of anilines is 1. The molecule has 0 aromatic heterocycles. The van der Waals surface area contributed by atoms with Crippen LogP contribution < -0.4 is 5.73 Å². The lowest BCUT2D eigenvalue weighted by molar-refractivity contribution is 1.75. The maximum atomic E-state index is 6.06. The van der Waals surface area contributed by atoms with E-state index in [1.54, 1.807) is 0 Å². The molecule has 4 aromatic carbocycles. The minimum atomic E-state index is 0.840. The molecular formula is C18H13N. The lowest BCUT2D eigenvalue weighted by Crippen LogP contribution is -1.87. The van der Waals surface area contributed by atoms with E-state index in [-0.39, 0.29) is 0 Å². The highest BCUT2D eigenvalue weighted by Gasteiger charge is 2.03. The molecule has 0 fully saturated rings. The molecule has 0 saturated carbocycles. The van der Waals surface area contributed by atoms with Gasteiger partial charge in [-0.05, 0) is 45.1 Å². The van der Waals surface area contributed by atoms with Gasteiger partial charge in [0.2, 0.25) is 0 Å². The Morgan fingerprint density at radius 2 is 1.21 bits per heavy atom. The summed E-state index contributed by atoms with van der Waals surface area (Å²) in [5.74, 6) is 0. The Morgan fingerprint density at radius 1 is 0.526 bits per heavy atom. The standard InChI is InChI=1S/C18H13N/c19-18-7-3-5-13-10-16-14(11-17(13)18)9-8-12-4-1-2-6-15(12)16/h1-11H,19H2. The fraction of sp³-hybridized carbons (Fsp3) is 0. The zero-order valence-corrected chi connectivity index (χ0v) is 10.4. The van der Waals surface area contributed by atoms with Gasteiger partial charge in [-0.2, -0.15) is 0 Å². The van der Waals surface area contributed by atoms with E-state index in [0.29, 0.717) is 0 Å². The molecule has 0 unspecified atom stereocenters. The molecule has 4 rings (SSSR count). The monoisotopic (exact) mass is 243 g/mol. The summed E-state index contributed by atoms with van der Waals surface area (Å²) in [5.41, 5.74) is 6.90. The number of nitrogen functional groups attached to an aromatic ring is 1. The van der Waals surface area contributed by atoms with E-state index < -0.39 is 0 Å². The number of hydrogen-bond acceptors (Lipinski definition) is 1. The van der Waals surface area contributed by atoms with Gasteiger partial charge in [0.25, 0.3) is 0 Å². The summed E-state index contributed by atoms with van der Waals surface area (Å²) in [4.78, 5) is 0. The lowest BCUT2D eigenvalue weighted by atomic mass is 9.98. The zero-order chi connectivity index (χ0) is 12.8. The molecule has 0 aliphatic heterocycles. The van der Waals surface area contributed by atoms with Gasteiger partial charge in [0, 0.05) is 11.1 Å². The zero-order valence-electron chi connectivity index (χ0n) is 10.4. The molecule has 0 amide bonds. The van der Waals surface area contributed by atoms with Crippen LogP contribution in [0, 0.1) is 0 Å². The Hall–Kier alpha value is -2.54. The van der Waals surface area contributed by atoms with Crippen molar-refractivity contribution in [3.05, 3.63) is 66.7 Å². The minimum Gasteiger partial charge on any atom is -0.398 e. The largest absolute Gasteiger partial charge is 0.398 e. The summed E-state index contributed by atoms with van der Waals surface area (Å²) < 4.78 is 0. The van der Waals surface area contributed by atoms with Crippen molar-refractivity contribution in [3.63, 3.8) is 0 Å². The Bertz CT molecular complexity index is 922. The molecule has 1 nitrogen and oxygen atoms in total. The van der Waals surface area contributed by atoms with E-state index in [1.807, 2.05) is 12.1 Å². The number of benzene rings is 4. The van der Waals surface area contributed by atoms with E-state index in [0.717, 1.165) is 11.1 Å². The number of rotatable bonds is 0. The molecule has 0 radical (unpaired) electrons.